The van der Waals surface area contributed by atoms with Crippen LogP contribution in [0.15, 0.2) is 30.5 Å². The van der Waals surface area contributed by atoms with E-state index in [1.165, 1.54) is 25.7 Å². The molecule has 1 fully saturated rings. The Morgan fingerprint density at radius 2 is 2.00 bits per heavy atom. The average Bonchev–Trinajstić information content (AvgIpc) is 3.00. The Labute approximate surface area is 129 Å². The van der Waals surface area contributed by atoms with Gasteiger partial charge in [-0.25, -0.2) is 0 Å². The van der Waals surface area contributed by atoms with Crippen molar-refractivity contribution in [1.82, 2.24) is 15.2 Å². The molecule has 1 aliphatic rings. The van der Waals surface area contributed by atoms with Gasteiger partial charge in [-0.2, -0.15) is 10.1 Å². The Balaban J connectivity index is 1.61. The van der Waals surface area contributed by atoms with Crippen molar-refractivity contribution in [3.63, 3.8) is 0 Å². The summed E-state index contributed by atoms with van der Waals surface area (Å²) in [5.41, 5.74) is 1.03. The van der Waals surface area contributed by atoms with Gasteiger partial charge in [-0.1, -0.05) is 42.6 Å². The fourth-order valence-corrected chi connectivity index (χ4v) is 2.73. The first-order valence-corrected chi connectivity index (χ1v) is 7.62. The highest BCUT2D eigenvalue weighted by Gasteiger charge is 2.15. The number of nitrogens with zero attached hydrogens (tertiary/aromatic N) is 3. The van der Waals surface area contributed by atoms with E-state index in [2.05, 4.69) is 25.8 Å². The van der Waals surface area contributed by atoms with Crippen LogP contribution in [0.25, 0.3) is 0 Å². The molecule has 1 aliphatic carbocycles. The largest absolute Gasteiger partial charge is 0.364 e. The third-order valence-corrected chi connectivity index (χ3v) is 4.03. The summed E-state index contributed by atoms with van der Waals surface area (Å²) in [6, 6.07) is 8.23. The minimum Gasteiger partial charge on any atom is -0.364 e. The molecule has 1 heterocycles. The molecule has 2 N–H and O–H groups in total. The van der Waals surface area contributed by atoms with Crippen LogP contribution in [0.4, 0.5) is 11.8 Å². The first-order chi connectivity index (χ1) is 10.3. The zero-order valence-corrected chi connectivity index (χ0v) is 12.5. The summed E-state index contributed by atoms with van der Waals surface area (Å²) in [5, 5.41) is 15.3. The maximum atomic E-state index is 6.13. The average molecular weight is 304 g/mol. The highest BCUT2D eigenvalue weighted by Crippen LogP contribution is 2.21. The van der Waals surface area contributed by atoms with E-state index in [-0.39, 0.29) is 0 Å². The normalized spacial score (nSPS) is 15.1. The van der Waals surface area contributed by atoms with Crippen LogP contribution in [0, 0.1) is 0 Å². The Kier molecular flexibility index (Phi) is 4.50. The summed E-state index contributed by atoms with van der Waals surface area (Å²) in [7, 11) is 0. The number of aromatic nitrogens is 3. The Bertz CT molecular complexity index is 598. The summed E-state index contributed by atoms with van der Waals surface area (Å²) < 4.78 is 0. The molecule has 3 rings (SSSR count). The predicted octanol–water partition coefficient (Wildman–Crippen LogP) is 3.49. The molecular weight excluding hydrogens is 286 g/mol. The zero-order valence-electron chi connectivity index (χ0n) is 11.7. The second kappa shape index (κ2) is 6.72. The number of benzene rings is 1. The summed E-state index contributed by atoms with van der Waals surface area (Å²) in [5.74, 6) is 1.29. The van der Waals surface area contributed by atoms with Gasteiger partial charge in [-0.3, -0.25) is 0 Å². The lowest BCUT2D eigenvalue weighted by molar-refractivity contribution is 0.737. The van der Waals surface area contributed by atoms with Crippen LogP contribution in [0.2, 0.25) is 5.02 Å². The summed E-state index contributed by atoms with van der Waals surface area (Å²) in [4.78, 5) is 4.44. The van der Waals surface area contributed by atoms with Gasteiger partial charge in [0.15, 0.2) is 5.82 Å². The number of anilines is 2. The minimum atomic E-state index is 0.477. The maximum absolute atomic E-state index is 6.13. The highest BCUT2D eigenvalue weighted by atomic mass is 35.5. The van der Waals surface area contributed by atoms with E-state index in [1.807, 2.05) is 24.3 Å². The van der Waals surface area contributed by atoms with Gasteiger partial charge in [-0.15, -0.1) is 5.10 Å². The van der Waals surface area contributed by atoms with E-state index >= 15 is 0 Å². The van der Waals surface area contributed by atoms with Crippen molar-refractivity contribution in [1.29, 1.82) is 0 Å². The molecule has 1 aromatic carbocycles. The fraction of sp³-hybridized carbons (Fsp3) is 0.400. The van der Waals surface area contributed by atoms with E-state index in [0.29, 0.717) is 24.4 Å². The Morgan fingerprint density at radius 3 is 2.81 bits per heavy atom. The molecule has 0 amide bonds. The maximum Gasteiger partial charge on any atom is 0.244 e. The molecule has 1 saturated carbocycles. The number of hydrogen-bond acceptors (Lipinski definition) is 5. The molecule has 110 valence electrons. The number of rotatable bonds is 5. The van der Waals surface area contributed by atoms with Crippen LogP contribution in [-0.2, 0) is 6.54 Å². The molecule has 0 radical (unpaired) electrons. The Morgan fingerprint density at radius 1 is 1.19 bits per heavy atom. The number of halogens is 1. The van der Waals surface area contributed by atoms with Crippen molar-refractivity contribution in [2.75, 3.05) is 10.6 Å². The molecule has 2 aromatic rings. The SMILES string of the molecule is Clc1ccccc1CNc1cnnc(NC2CCCC2)n1. The zero-order chi connectivity index (χ0) is 14.5. The summed E-state index contributed by atoms with van der Waals surface area (Å²) in [6.07, 6.45) is 6.53. The van der Waals surface area contributed by atoms with Crippen LogP contribution in [0.5, 0.6) is 0 Å². The smallest absolute Gasteiger partial charge is 0.244 e. The molecule has 21 heavy (non-hydrogen) atoms. The quantitative estimate of drug-likeness (QED) is 0.885. The van der Waals surface area contributed by atoms with Crippen LogP contribution < -0.4 is 10.6 Å². The minimum absolute atomic E-state index is 0.477. The molecule has 1 aromatic heterocycles. The predicted molar refractivity (Wildman–Crippen MR) is 84.5 cm³/mol. The van der Waals surface area contributed by atoms with E-state index in [4.69, 9.17) is 11.6 Å². The summed E-state index contributed by atoms with van der Waals surface area (Å²) >= 11 is 6.13. The standard InChI is InChI=1S/C15H18ClN5/c16-13-8-4-1-5-11(13)9-17-14-10-18-21-15(20-14)19-12-6-2-3-7-12/h1,4-5,8,10,12H,2-3,6-7,9H2,(H2,17,19,20,21). The molecule has 5 nitrogen and oxygen atoms in total. The van der Waals surface area contributed by atoms with Gasteiger partial charge in [0.2, 0.25) is 5.95 Å². The van der Waals surface area contributed by atoms with E-state index < -0.39 is 0 Å². The molecular formula is C15H18ClN5. The second-order valence-electron chi connectivity index (χ2n) is 5.24. The Hall–Kier alpha value is -1.88. The van der Waals surface area contributed by atoms with Gasteiger partial charge in [0, 0.05) is 17.6 Å². The topological polar surface area (TPSA) is 62.7 Å². The third kappa shape index (κ3) is 3.82. The van der Waals surface area contributed by atoms with Gasteiger partial charge < -0.3 is 10.6 Å². The van der Waals surface area contributed by atoms with E-state index in [0.717, 1.165) is 10.6 Å². The molecule has 0 saturated heterocycles. The van der Waals surface area contributed by atoms with E-state index in [1.54, 1.807) is 6.20 Å². The van der Waals surface area contributed by atoms with Gasteiger partial charge in [0.1, 0.15) is 0 Å². The molecule has 0 bridgehead atoms. The number of hydrogen-bond donors (Lipinski definition) is 2. The molecule has 0 unspecified atom stereocenters. The first-order valence-electron chi connectivity index (χ1n) is 7.25. The van der Waals surface area contributed by atoms with Crippen LogP contribution >= 0.6 is 11.6 Å². The molecule has 0 atom stereocenters. The van der Waals surface area contributed by atoms with Crippen molar-refractivity contribution >= 4 is 23.4 Å². The fourth-order valence-electron chi connectivity index (χ4n) is 2.53. The first kappa shape index (κ1) is 14.1. The molecule has 6 heteroatoms. The van der Waals surface area contributed by atoms with Crippen molar-refractivity contribution in [2.24, 2.45) is 0 Å². The molecule has 0 aliphatic heterocycles. The van der Waals surface area contributed by atoms with Gasteiger partial charge in [-0.05, 0) is 24.5 Å². The lowest BCUT2D eigenvalue weighted by Crippen LogP contribution is -2.17. The van der Waals surface area contributed by atoms with Gasteiger partial charge in [0.05, 0.1) is 6.20 Å². The van der Waals surface area contributed by atoms with Crippen LogP contribution in [0.3, 0.4) is 0 Å². The van der Waals surface area contributed by atoms with Crippen molar-refractivity contribution in [3.8, 4) is 0 Å². The highest BCUT2D eigenvalue weighted by molar-refractivity contribution is 6.31. The van der Waals surface area contributed by atoms with Crippen molar-refractivity contribution in [3.05, 3.63) is 41.0 Å². The number of nitrogens with one attached hydrogen (secondary N) is 2. The monoisotopic (exact) mass is 303 g/mol. The van der Waals surface area contributed by atoms with Crippen LogP contribution in [-0.4, -0.2) is 21.2 Å². The van der Waals surface area contributed by atoms with Gasteiger partial charge >= 0.3 is 0 Å². The lowest BCUT2D eigenvalue weighted by atomic mass is 10.2. The van der Waals surface area contributed by atoms with Crippen LogP contribution in [0.1, 0.15) is 31.2 Å². The third-order valence-electron chi connectivity index (χ3n) is 3.67. The summed E-state index contributed by atoms with van der Waals surface area (Å²) in [6.45, 7) is 0.612. The molecule has 0 spiro atoms. The van der Waals surface area contributed by atoms with Crippen molar-refractivity contribution < 1.29 is 0 Å². The van der Waals surface area contributed by atoms with Gasteiger partial charge in [0.25, 0.3) is 0 Å². The van der Waals surface area contributed by atoms with Crippen molar-refractivity contribution in [2.45, 2.75) is 38.3 Å². The van der Waals surface area contributed by atoms with E-state index in [9.17, 15) is 0 Å². The second-order valence-corrected chi connectivity index (χ2v) is 5.64. The lowest BCUT2D eigenvalue weighted by Gasteiger charge is -2.12.